The molecule has 0 atom stereocenters. The first-order valence-electron chi connectivity index (χ1n) is 8.19. The van der Waals surface area contributed by atoms with Crippen LogP contribution in [0.5, 0.6) is 0 Å². The number of benzene rings is 2. The first kappa shape index (κ1) is 20.9. The number of hydrogen-bond acceptors (Lipinski definition) is 3. The van der Waals surface area contributed by atoms with Gasteiger partial charge in [0.25, 0.3) is 5.91 Å². The summed E-state index contributed by atoms with van der Waals surface area (Å²) in [5.74, 6) is -0.828. The molecule has 0 bridgehead atoms. The quantitative estimate of drug-likeness (QED) is 0.676. The number of anilines is 1. The summed E-state index contributed by atoms with van der Waals surface area (Å²) in [5, 5.41) is 5.95. The fraction of sp³-hybridized carbons (Fsp3) is 0.211. The Morgan fingerprint density at radius 3 is 2.41 bits per heavy atom. The van der Waals surface area contributed by atoms with E-state index in [4.69, 9.17) is 11.6 Å². The molecular weight excluding hydrogens is 434 g/mol. The molecule has 0 heterocycles. The number of carbonyl (C=O) groups excluding carboxylic acids is 3. The van der Waals surface area contributed by atoms with Crippen molar-refractivity contribution in [3.05, 3.63) is 63.6 Å². The minimum Gasteiger partial charge on any atom is -0.352 e. The zero-order valence-electron chi connectivity index (χ0n) is 14.7. The maximum atomic E-state index is 12.1. The van der Waals surface area contributed by atoms with Gasteiger partial charge in [0, 0.05) is 35.1 Å². The predicted octanol–water partition coefficient (Wildman–Crippen LogP) is 3.32. The van der Waals surface area contributed by atoms with E-state index < -0.39 is 0 Å². The topological polar surface area (TPSA) is 78.5 Å². The highest BCUT2D eigenvalue weighted by Gasteiger charge is 2.14. The molecule has 142 valence electrons. The van der Waals surface area contributed by atoms with E-state index >= 15 is 0 Å². The fourth-order valence-corrected chi connectivity index (χ4v) is 2.74. The van der Waals surface area contributed by atoms with E-state index in [0.29, 0.717) is 16.3 Å². The van der Waals surface area contributed by atoms with Crippen molar-refractivity contribution < 1.29 is 14.4 Å². The lowest BCUT2D eigenvalue weighted by atomic mass is 10.2. The van der Waals surface area contributed by atoms with Crippen LogP contribution in [0.2, 0.25) is 5.02 Å². The fourth-order valence-electron chi connectivity index (χ4n) is 2.23. The van der Waals surface area contributed by atoms with Crippen LogP contribution in [-0.2, 0) is 9.59 Å². The maximum absolute atomic E-state index is 12.1. The van der Waals surface area contributed by atoms with Gasteiger partial charge < -0.3 is 15.5 Å². The molecule has 0 unspecified atom stereocenters. The zero-order valence-corrected chi connectivity index (χ0v) is 17.0. The van der Waals surface area contributed by atoms with Crippen LogP contribution < -0.4 is 10.6 Å². The monoisotopic (exact) mass is 451 g/mol. The summed E-state index contributed by atoms with van der Waals surface area (Å²) in [5.41, 5.74) is 1.10. The van der Waals surface area contributed by atoms with E-state index in [-0.39, 0.29) is 37.2 Å². The summed E-state index contributed by atoms with van der Waals surface area (Å²) in [6.45, 7) is 0.0990. The number of carbonyl (C=O) groups is 3. The van der Waals surface area contributed by atoms with E-state index in [2.05, 4.69) is 26.6 Å². The molecule has 2 aromatic rings. The smallest absolute Gasteiger partial charge is 0.251 e. The van der Waals surface area contributed by atoms with Gasteiger partial charge in [0.2, 0.25) is 11.8 Å². The van der Waals surface area contributed by atoms with E-state index in [1.807, 2.05) is 12.1 Å². The van der Waals surface area contributed by atoms with Crippen LogP contribution in [0.25, 0.3) is 0 Å². The molecule has 2 aromatic carbocycles. The summed E-state index contributed by atoms with van der Waals surface area (Å²) < 4.78 is 0.761. The number of amides is 3. The molecule has 2 N–H and O–H groups in total. The molecule has 3 amide bonds. The maximum Gasteiger partial charge on any atom is 0.251 e. The van der Waals surface area contributed by atoms with Crippen LogP contribution in [0.3, 0.4) is 0 Å². The van der Waals surface area contributed by atoms with Crippen molar-refractivity contribution in [3.8, 4) is 0 Å². The van der Waals surface area contributed by atoms with E-state index in [9.17, 15) is 14.4 Å². The molecule has 2 rings (SSSR count). The minimum absolute atomic E-state index is 0.0781. The third-order valence-corrected chi connectivity index (χ3v) is 4.63. The lowest BCUT2D eigenvalue weighted by molar-refractivity contribution is -0.133. The average Bonchev–Trinajstić information content (AvgIpc) is 2.63. The van der Waals surface area contributed by atoms with Gasteiger partial charge in [-0.25, -0.2) is 0 Å². The highest BCUT2D eigenvalue weighted by Crippen LogP contribution is 2.20. The summed E-state index contributed by atoms with van der Waals surface area (Å²) >= 11 is 9.13. The van der Waals surface area contributed by atoms with Gasteiger partial charge in [-0.15, -0.1) is 0 Å². The second kappa shape index (κ2) is 10.1. The number of rotatable bonds is 7. The summed E-state index contributed by atoms with van der Waals surface area (Å²) in [6.07, 6.45) is 0.0954. The summed E-state index contributed by atoms with van der Waals surface area (Å²) in [7, 11) is 1.54. The zero-order chi connectivity index (χ0) is 19.8. The lowest BCUT2D eigenvalue weighted by Gasteiger charge is -2.17. The largest absolute Gasteiger partial charge is 0.352 e. The Labute approximate surface area is 171 Å². The van der Waals surface area contributed by atoms with Crippen molar-refractivity contribution in [1.29, 1.82) is 0 Å². The number of para-hydroxylation sites is 1. The Hall–Kier alpha value is -2.38. The van der Waals surface area contributed by atoms with Crippen molar-refractivity contribution in [3.63, 3.8) is 0 Å². The highest BCUT2D eigenvalue weighted by atomic mass is 79.9. The molecular formula is C19H19BrClN3O3. The van der Waals surface area contributed by atoms with E-state index in [0.717, 1.165) is 4.47 Å². The van der Waals surface area contributed by atoms with Crippen LogP contribution in [0.4, 0.5) is 5.69 Å². The minimum atomic E-state index is -0.303. The molecule has 0 aromatic heterocycles. The average molecular weight is 453 g/mol. The van der Waals surface area contributed by atoms with Gasteiger partial charge in [0.1, 0.15) is 0 Å². The van der Waals surface area contributed by atoms with Crippen LogP contribution >= 0.6 is 27.5 Å². The van der Waals surface area contributed by atoms with Gasteiger partial charge >= 0.3 is 0 Å². The summed E-state index contributed by atoms with van der Waals surface area (Å²) in [4.78, 5) is 37.5. The molecule has 6 nitrogen and oxygen atoms in total. The molecule has 0 saturated heterocycles. The van der Waals surface area contributed by atoms with Crippen molar-refractivity contribution in [2.24, 2.45) is 0 Å². The second-order valence-electron chi connectivity index (χ2n) is 5.79. The first-order valence-corrected chi connectivity index (χ1v) is 9.36. The number of halogens is 2. The third kappa shape index (κ3) is 6.69. The first-order chi connectivity index (χ1) is 12.9. The molecule has 0 saturated carbocycles. The number of nitrogens with one attached hydrogen (secondary N) is 2. The van der Waals surface area contributed by atoms with Gasteiger partial charge in [-0.3, -0.25) is 14.4 Å². The lowest BCUT2D eigenvalue weighted by Crippen LogP contribution is -2.37. The molecule has 27 heavy (non-hydrogen) atoms. The molecule has 8 heteroatoms. The molecule has 0 spiro atoms. The predicted molar refractivity (Wildman–Crippen MR) is 109 cm³/mol. The Bertz CT molecular complexity index is 827. The summed E-state index contributed by atoms with van der Waals surface area (Å²) in [6, 6.07) is 13.7. The molecule has 0 fully saturated rings. The number of likely N-dealkylation sites (N-methyl/N-ethyl adjacent to an activating group) is 1. The van der Waals surface area contributed by atoms with Crippen LogP contribution in [0, 0.1) is 0 Å². The Balaban J connectivity index is 1.75. The van der Waals surface area contributed by atoms with E-state index in [1.54, 1.807) is 43.4 Å². The van der Waals surface area contributed by atoms with Crippen LogP contribution in [-0.4, -0.2) is 42.8 Å². The Morgan fingerprint density at radius 2 is 1.74 bits per heavy atom. The van der Waals surface area contributed by atoms with Gasteiger partial charge in [0.05, 0.1) is 12.2 Å². The molecule has 0 aliphatic carbocycles. The second-order valence-corrected chi connectivity index (χ2v) is 7.08. The normalized spacial score (nSPS) is 10.2. The van der Waals surface area contributed by atoms with Gasteiger partial charge in [-0.05, 0) is 52.3 Å². The third-order valence-electron chi connectivity index (χ3n) is 3.69. The standard InChI is InChI=1S/C19H19BrClN3O3/c1-24(12-17(25)23-16-5-3-2-4-15(16)20)18(26)10-11-22-19(27)13-6-8-14(21)9-7-13/h2-9H,10-12H2,1H3,(H,22,27)(H,23,25). The molecule has 0 aliphatic rings. The van der Waals surface area contributed by atoms with Gasteiger partial charge in [-0.1, -0.05) is 23.7 Å². The van der Waals surface area contributed by atoms with E-state index in [1.165, 1.54) is 4.90 Å². The van der Waals surface area contributed by atoms with Crippen LogP contribution in [0.15, 0.2) is 53.0 Å². The Kier molecular flexibility index (Phi) is 7.82. The SMILES string of the molecule is CN(CC(=O)Nc1ccccc1Br)C(=O)CCNC(=O)c1ccc(Cl)cc1. The molecule has 0 aliphatic heterocycles. The Morgan fingerprint density at radius 1 is 1.07 bits per heavy atom. The van der Waals surface area contributed by atoms with Gasteiger partial charge in [0.15, 0.2) is 0 Å². The number of hydrogen-bond donors (Lipinski definition) is 2. The highest BCUT2D eigenvalue weighted by molar-refractivity contribution is 9.10. The number of nitrogens with zero attached hydrogens (tertiary/aromatic N) is 1. The van der Waals surface area contributed by atoms with Gasteiger partial charge in [-0.2, -0.15) is 0 Å². The van der Waals surface area contributed by atoms with Crippen molar-refractivity contribution >= 4 is 50.9 Å². The molecule has 0 radical (unpaired) electrons. The van der Waals surface area contributed by atoms with Crippen molar-refractivity contribution in [2.45, 2.75) is 6.42 Å². The van der Waals surface area contributed by atoms with Crippen molar-refractivity contribution in [2.75, 3.05) is 25.5 Å². The van der Waals surface area contributed by atoms with Crippen molar-refractivity contribution in [1.82, 2.24) is 10.2 Å². The van der Waals surface area contributed by atoms with Crippen LogP contribution in [0.1, 0.15) is 16.8 Å².